The molecule has 3 rings (SSSR count). The summed E-state index contributed by atoms with van der Waals surface area (Å²) in [5.41, 5.74) is 3.03. The summed E-state index contributed by atoms with van der Waals surface area (Å²) in [4.78, 5) is 24.2. The molecule has 0 aromatic heterocycles. The van der Waals surface area contributed by atoms with Crippen molar-refractivity contribution in [3.8, 4) is 5.75 Å². The quantitative estimate of drug-likeness (QED) is 0.840. The predicted molar refractivity (Wildman–Crippen MR) is 93.4 cm³/mol. The second-order valence-electron chi connectivity index (χ2n) is 6.26. The first-order valence-corrected chi connectivity index (χ1v) is 8.39. The van der Waals surface area contributed by atoms with Crippen molar-refractivity contribution in [3.63, 3.8) is 0 Å². The van der Waals surface area contributed by atoms with Crippen molar-refractivity contribution in [1.82, 2.24) is 5.32 Å². The lowest BCUT2D eigenvalue weighted by molar-refractivity contribution is -0.125. The average Bonchev–Trinajstić information content (AvgIpc) is 2.62. The number of benzene rings is 2. The van der Waals surface area contributed by atoms with Crippen LogP contribution in [0.3, 0.4) is 0 Å². The summed E-state index contributed by atoms with van der Waals surface area (Å²) < 4.78 is 5.04. The molecule has 1 aliphatic rings. The number of ether oxygens (including phenoxy) is 1. The van der Waals surface area contributed by atoms with Crippen molar-refractivity contribution in [2.45, 2.75) is 32.2 Å². The topological polar surface area (TPSA) is 75.6 Å². The highest BCUT2D eigenvalue weighted by Gasteiger charge is 2.22. The van der Waals surface area contributed by atoms with Gasteiger partial charge >= 0.3 is 5.97 Å². The Balaban J connectivity index is 1.59. The minimum absolute atomic E-state index is 0.0523. The number of carbonyl (C=O) groups is 2. The third-order valence-corrected chi connectivity index (χ3v) is 4.50. The van der Waals surface area contributed by atoms with Crippen molar-refractivity contribution in [2.24, 2.45) is 0 Å². The van der Waals surface area contributed by atoms with Gasteiger partial charge in [-0.15, -0.1) is 0 Å². The molecule has 25 heavy (non-hydrogen) atoms. The fourth-order valence-electron chi connectivity index (χ4n) is 3.17. The van der Waals surface area contributed by atoms with Gasteiger partial charge in [0.15, 0.2) is 6.61 Å². The number of amides is 1. The molecule has 0 aliphatic heterocycles. The van der Waals surface area contributed by atoms with E-state index < -0.39 is 5.97 Å². The normalized spacial score (nSPS) is 16.0. The Morgan fingerprint density at radius 1 is 1.20 bits per heavy atom. The Bertz CT molecular complexity index is 800. The van der Waals surface area contributed by atoms with Gasteiger partial charge in [0.2, 0.25) is 0 Å². The second kappa shape index (κ2) is 7.38. The molecule has 130 valence electrons. The van der Waals surface area contributed by atoms with Gasteiger partial charge in [0, 0.05) is 0 Å². The van der Waals surface area contributed by atoms with Crippen LogP contribution in [-0.4, -0.2) is 23.6 Å². The minimum Gasteiger partial charge on any atom is -0.507 e. The molecule has 1 aliphatic carbocycles. The summed E-state index contributed by atoms with van der Waals surface area (Å²) in [5.74, 6) is -1.17. The molecule has 0 bridgehead atoms. The number of esters is 1. The van der Waals surface area contributed by atoms with Crippen molar-refractivity contribution in [1.29, 1.82) is 0 Å². The van der Waals surface area contributed by atoms with Crippen LogP contribution in [0.5, 0.6) is 5.75 Å². The van der Waals surface area contributed by atoms with Gasteiger partial charge in [-0.05, 0) is 48.9 Å². The Morgan fingerprint density at radius 3 is 2.84 bits per heavy atom. The minimum atomic E-state index is -0.708. The van der Waals surface area contributed by atoms with E-state index in [9.17, 15) is 14.7 Å². The van der Waals surface area contributed by atoms with Crippen LogP contribution in [0.4, 0.5) is 0 Å². The maximum atomic E-state index is 12.2. The van der Waals surface area contributed by atoms with Crippen molar-refractivity contribution >= 4 is 11.9 Å². The van der Waals surface area contributed by atoms with Crippen LogP contribution in [0.25, 0.3) is 0 Å². The molecule has 0 saturated heterocycles. The van der Waals surface area contributed by atoms with Gasteiger partial charge in [0.25, 0.3) is 5.91 Å². The number of phenols is 1. The van der Waals surface area contributed by atoms with Crippen LogP contribution in [0.1, 0.15) is 45.9 Å². The summed E-state index contributed by atoms with van der Waals surface area (Å²) in [6.07, 6.45) is 2.90. The number of hydrogen-bond donors (Lipinski definition) is 2. The lowest BCUT2D eigenvalue weighted by Crippen LogP contribution is -2.34. The molecule has 0 saturated carbocycles. The number of phenolic OH excluding ortho intramolecular Hbond substituents is 1. The molecular weight excluding hydrogens is 318 g/mol. The van der Waals surface area contributed by atoms with Crippen LogP contribution < -0.4 is 5.32 Å². The highest BCUT2D eigenvalue weighted by Crippen LogP contribution is 2.29. The van der Waals surface area contributed by atoms with Gasteiger partial charge in [-0.3, -0.25) is 4.79 Å². The van der Waals surface area contributed by atoms with E-state index in [4.69, 9.17) is 4.74 Å². The fourth-order valence-corrected chi connectivity index (χ4v) is 3.17. The molecule has 2 N–H and O–H groups in total. The number of rotatable bonds is 4. The van der Waals surface area contributed by atoms with Gasteiger partial charge in [-0.1, -0.05) is 36.4 Å². The molecular formula is C20H21NO4. The van der Waals surface area contributed by atoms with E-state index in [1.807, 2.05) is 18.2 Å². The molecule has 2 aromatic carbocycles. The molecule has 0 fully saturated rings. The highest BCUT2D eigenvalue weighted by molar-refractivity contribution is 5.94. The number of nitrogens with one attached hydrogen (secondary N) is 1. The molecule has 0 spiro atoms. The number of aryl methyl sites for hydroxylation is 2. The Labute approximate surface area is 146 Å². The monoisotopic (exact) mass is 339 g/mol. The van der Waals surface area contributed by atoms with E-state index in [2.05, 4.69) is 11.4 Å². The van der Waals surface area contributed by atoms with E-state index in [1.165, 1.54) is 11.6 Å². The first-order chi connectivity index (χ1) is 12.1. The van der Waals surface area contributed by atoms with E-state index in [0.717, 1.165) is 24.8 Å². The molecule has 5 heteroatoms. The first-order valence-electron chi connectivity index (χ1n) is 8.39. The van der Waals surface area contributed by atoms with E-state index in [0.29, 0.717) is 5.56 Å². The first kappa shape index (κ1) is 17.0. The summed E-state index contributed by atoms with van der Waals surface area (Å²) in [6, 6.07) is 12.8. The van der Waals surface area contributed by atoms with Gasteiger partial charge in [0.1, 0.15) is 11.3 Å². The summed E-state index contributed by atoms with van der Waals surface area (Å²) in [5, 5.41) is 12.8. The highest BCUT2D eigenvalue weighted by atomic mass is 16.5. The van der Waals surface area contributed by atoms with Crippen molar-refractivity contribution < 1.29 is 19.4 Å². The zero-order valence-corrected chi connectivity index (χ0v) is 14.1. The SMILES string of the molecule is Cc1cccc(C(=O)OCC(=O)N[C@@H]2CCCc3ccccc32)c1O. The van der Waals surface area contributed by atoms with Crippen LogP contribution in [0.2, 0.25) is 0 Å². The van der Waals surface area contributed by atoms with E-state index in [-0.39, 0.29) is 29.9 Å². The lowest BCUT2D eigenvalue weighted by Gasteiger charge is -2.26. The number of para-hydroxylation sites is 1. The summed E-state index contributed by atoms with van der Waals surface area (Å²) in [6.45, 7) is 1.32. The van der Waals surface area contributed by atoms with Gasteiger partial charge in [-0.2, -0.15) is 0 Å². The molecule has 5 nitrogen and oxygen atoms in total. The number of aromatic hydroxyl groups is 1. The van der Waals surface area contributed by atoms with Crippen LogP contribution in [-0.2, 0) is 16.0 Å². The summed E-state index contributed by atoms with van der Waals surface area (Å²) >= 11 is 0. The largest absolute Gasteiger partial charge is 0.507 e. The van der Waals surface area contributed by atoms with Crippen molar-refractivity contribution in [3.05, 3.63) is 64.7 Å². The number of carbonyl (C=O) groups excluding carboxylic acids is 2. The molecule has 1 amide bonds. The molecule has 1 atom stereocenters. The second-order valence-corrected chi connectivity index (χ2v) is 6.26. The molecule has 0 radical (unpaired) electrons. The third kappa shape index (κ3) is 3.82. The number of fused-ring (bicyclic) bond motifs is 1. The van der Waals surface area contributed by atoms with Crippen molar-refractivity contribution in [2.75, 3.05) is 6.61 Å². The maximum absolute atomic E-state index is 12.2. The fraction of sp³-hybridized carbons (Fsp3) is 0.300. The zero-order valence-electron chi connectivity index (χ0n) is 14.1. The van der Waals surface area contributed by atoms with Gasteiger partial charge < -0.3 is 15.2 Å². The third-order valence-electron chi connectivity index (χ3n) is 4.50. The standard InChI is InChI=1S/C20H21NO4/c1-13-6-4-10-16(19(13)23)20(24)25-12-18(22)21-17-11-5-8-14-7-2-3-9-15(14)17/h2-4,6-7,9-10,17,23H,5,8,11-12H2,1H3,(H,21,22)/t17-/m1/s1. The maximum Gasteiger partial charge on any atom is 0.342 e. The lowest BCUT2D eigenvalue weighted by atomic mass is 9.88. The number of hydrogen-bond acceptors (Lipinski definition) is 4. The summed E-state index contributed by atoms with van der Waals surface area (Å²) in [7, 11) is 0. The van der Waals surface area contributed by atoms with Crippen LogP contribution in [0.15, 0.2) is 42.5 Å². The van der Waals surface area contributed by atoms with Gasteiger partial charge in [-0.25, -0.2) is 4.79 Å². The predicted octanol–water partition coefficient (Wildman–Crippen LogP) is 3.05. The smallest absolute Gasteiger partial charge is 0.342 e. The Kier molecular flexibility index (Phi) is 5.03. The molecule has 2 aromatic rings. The average molecular weight is 339 g/mol. The molecule has 0 unspecified atom stereocenters. The Morgan fingerprint density at radius 2 is 2.00 bits per heavy atom. The van der Waals surface area contributed by atoms with Gasteiger partial charge in [0.05, 0.1) is 6.04 Å². The van der Waals surface area contributed by atoms with Crippen LogP contribution >= 0.6 is 0 Å². The Hall–Kier alpha value is -2.82. The molecule has 0 heterocycles. The van der Waals surface area contributed by atoms with E-state index in [1.54, 1.807) is 19.1 Å². The zero-order chi connectivity index (χ0) is 17.8. The van der Waals surface area contributed by atoms with Crippen LogP contribution in [0, 0.1) is 6.92 Å². The van der Waals surface area contributed by atoms with E-state index >= 15 is 0 Å².